The van der Waals surface area contributed by atoms with Crippen molar-refractivity contribution in [3.63, 3.8) is 0 Å². The highest BCUT2D eigenvalue weighted by molar-refractivity contribution is 5.90. The number of carbonyl (C=O) groups excluding carboxylic acids is 1. The van der Waals surface area contributed by atoms with Crippen molar-refractivity contribution in [2.75, 3.05) is 11.9 Å². The van der Waals surface area contributed by atoms with Gasteiger partial charge in [0, 0.05) is 25.7 Å². The molecular weight excluding hydrogens is 254 g/mol. The number of aromatic nitrogens is 1. The molecule has 0 aromatic carbocycles. The Hall–Kier alpha value is -1.62. The number of hydrogen-bond acceptors (Lipinski definition) is 3. The normalized spacial score (nSPS) is 12.2. The number of hydrogen-bond donors (Lipinski definition) is 2. The lowest BCUT2D eigenvalue weighted by molar-refractivity contribution is -0.116. The standard InChI is InChI=1S/C15H25N3O2/c1-3-4-12(9-10-16)5-7-14(19)17-13-6-8-15(20)18(2)11-13/h6,8,11-12H,3-5,7,9-10,16H2,1-2H3,(H,17,19). The molecule has 5 nitrogen and oxygen atoms in total. The van der Waals surface area contributed by atoms with Gasteiger partial charge < -0.3 is 15.6 Å². The van der Waals surface area contributed by atoms with E-state index in [4.69, 9.17) is 5.73 Å². The Morgan fingerprint density at radius 1 is 1.35 bits per heavy atom. The second-order valence-corrected chi connectivity index (χ2v) is 5.19. The van der Waals surface area contributed by atoms with Gasteiger partial charge in [-0.1, -0.05) is 19.8 Å². The molecule has 5 heteroatoms. The molecule has 20 heavy (non-hydrogen) atoms. The third kappa shape index (κ3) is 5.57. The largest absolute Gasteiger partial charge is 0.330 e. The maximum Gasteiger partial charge on any atom is 0.250 e. The molecule has 1 rings (SSSR count). The fraction of sp³-hybridized carbons (Fsp3) is 0.600. The van der Waals surface area contributed by atoms with E-state index in [1.54, 1.807) is 19.3 Å². The molecule has 0 saturated carbocycles. The van der Waals surface area contributed by atoms with E-state index >= 15 is 0 Å². The minimum atomic E-state index is -0.0889. The first kappa shape index (κ1) is 16.4. The lowest BCUT2D eigenvalue weighted by Gasteiger charge is -2.14. The van der Waals surface area contributed by atoms with Crippen molar-refractivity contribution < 1.29 is 4.79 Å². The molecule has 0 aliphatic rings. The molecule has 1 aromatic heterocycles. The Morgan fingerprint density at radius 3 is 2.70 bits per heavy atom. The molecule has 1 amide bonds. The molecule has 1 heterocycles. The number of aryl methyl sites for hydroxylation is 1. The maximum absolute atomic E-state index is 11.9. The number of anilines is 1. The highest BCUT2D eigenvalue weighted by Gasteiger charge is 2.10. The number of nitrogens with zero attached hydrogens (tertiary/aromatic N) is 1. The number of nitrogens with one attached hydrogen (secondary N) is 1. The lowest BCUT2D eigenvalue weighted by atomic mass is 9.94. The van der Waals surface area contributed by atoms with Gasteiger partial charge in [-0.3, -0.25) is 9.59 Å². The Balaban J connectivity index is 2.46. The van der Waals surface area contributed by atoms with E-state index in [9.17, 15) is 9.59 Å². The third-order valence-electron chi connectivity index (χ3n) is 3.42. The predicted octanol–water partition coefficient (Wildman–Crippen LogP) is 1.87. The van der Waals surface area contributed by atoms with E-state index in [1.165, 1.54) is 10.6 Å². The van der Waals surface area contributed by atoms with Crippen LogP contribution in [-0.2, 0) is 11.8 Å². The Morgan fingerprint density at radius 2 is 2.10 bits per heavy atom. The summed E-state index contributed by atoms with van der Waals surface area (Å²) in [6.45, 7) is 2.82. The summed E-state index contributed by atoms with van der Waals surface area (Å²) in [5.74, 6) is 0.512. The van der Waals surface area contributed by atoms with Gasteiger partial charge in [-0.2, -0.15) is 0 Å². The van der Waals surface area contributed by atoms with Crippen molar-refractivity contribution in [2.45, 2.75) is 39.0 Å². The van der Waals surface area contributed by atoms with E-state index in [1.807, 2.05) is 0 Å². The number of carbonyl (C=O) groups is 1. The first-order valence-corrected chi connectivity index (χ1v) is 7.23. The minimum Gasteiger partial charge on any atom is -0.330 e. The topological polar surface area (TPSA) is 77.1 Å². The number of rotatable bonds is 8. The molecule has 0 aliphatic carbocycles. The van der Waals surface area contributed by atoms with Crippen LogP contribution in [0.25, 0.3) is 0 Å². The highest BCUT2D eigenvalue weighted by atomic mass is 16.1. The van der Waals surface area contributed by atoms with Crippen molar-refractivity contribution in [3.05, 3.63) is 28.7 Å². The van der Waals surface area contributed by atoms with Gasteiger partial charge in [0.05, 0.1) is 5.69 Å². The zero-order chi connectivity index (χ0) is 15.0. The molecule has 0 spiro atoms. The molecular formula is C15H25N3O2. The molecule has 1 aromatic rings. The van der Waals surface area contributed by atoms with E-state index in [0.29, 0.717) is 24.6 Å². The Bertz CT molecular complexity index is 476. The van der Waals surface area contributed by atoms with Crippen LogP contribution in [0.3, 0.4) is 0 Å². The zero-order valence-corrected chi connectivity index (χ0v) is 12.4. The molecule has 0 bridgehead atoms. The third-order valence-corrected chi connectivity index (χ3v) is 3.42. The van der Waals surface area contributed by atoms with Crippen molar-refractivity contribution in [1.29, 1.82) is 0 Å². The van der Waals surface area contributed by atoms with Gasteiger partial charge >= 0.3 is 0 Å². The summed E-state index contributed by atoms with van der Waals surface area (Å²) in [6, 6.07) is 3.08. The summed E-state index contributed by atoms with van der Waals surface area (Å²) in [5.41, 5.74) is 6.15. The van der Waals surface area contributed by atoms with Crippen molar-refractivity contribution in [2.24, 2.45) is 18.7 Å². The van der Waals surface area contributed by atoms with Crippen LogP contribution in [0.1, 0.15) is 39.0 Å². The molecule has 1 atom stereocenters. The average molecular weight is 279 g/mol. The second kappa shape index (κ2) is 8.53. The number of nitrogens with two attached hydrogens (primary N) is 1. The smallest absolute Gasteiger partial charge is 0.250 e. The fourth-order valence-corrected chi connectivity index (χ4v) is 2.30. The van der Waals surface area contributed by atoms with E-state index in [-0.39, 0.29) is 11.5 Å². The van der Waals surface area contributed by atoms with Gasteiger partial charge in [-0.05, 0) is 31.4 Å². The van der Waals surface area contributed by atoms with Gasteiger partial charge in [0.25, 0.3) is 0 Å². The van der Waals surface area contributed by atoms with Crippen molar-refractivity contribution in [1.82, 2.24) is 4.57 Å². The van der Waals surface area contributed by atoms with Crippen LogP contribution < -0.4 is 16.6 Å². The fourth-order valence-electron chi connectivity index (χ4n) is 2.30. The summed E-state index contributed by atoms with van der Waals surface area (Å²) in [5, 5.41) is 2.82. The van der Waals surface area contributed by atoms with Crippen LogP contribution >= 0.6 is 0 Å². The molecule has 0 fully saturated rings. The van der Waals surface area contributed by atoms with E-state index < -0.39 is 0 Å². The summed E-state index contributed by atoms with van der Waals surface area (Å²) in [4.78, 5) is 23.1. The number of amides is 1. The second-order valence-electron chi connectivity index (χ2n) is 5.19. The van der Waals surface area contributed by atoms with Crippen LogP contribution in [0.5, 0.6) is 0 Å². The SMILES string of the molecule is CCCC(CCN)CCC(=O)Nc1ccc(=O)n(C)c1. The Kier molecular flexibility index (Phi) is 7.01. The van der Waals surface area contributed by atoms with E-state index in [0.717, 1.165) is 25.7 Å². The molecule has 1 unspecified atom stereocenters. The summed E-state index contributed by atoms with van der Waals surface area (Å²) >= 11 is 0. The van der Waals surface area contributed by atoms with Crippen LogP contribution in [0.15, 0.2) is 23.1 Å². The molecule has 0 radical (unpaired) electrons. The molecule has 112 valence electrons. The van der Waals surface area contributed by atoms with Crippen LogP contribution in [0.4, 0.5) is 5.69 Å². The highest BCUT2D eigenvalue weighted by Crippen LogP contribution is 2.17. The van der Waals surface area contributed by atoms with Crippen molar-refractivity contribution >= 4 is 11.6 Å². The van der Waals surface area contributed by atoms with Gasteiger partial charge in [-0.15, -0.1) is 0 Å². The monoisotopic (exact) mass is 279 g/mol. The van der Waals surface area contributed by atoms with Crippen LogP contribution in [-0.4, -0.2) is 17.0 Å². The van der Waals surface area contributed by atoms with Crippen LogP contribution in [0, 0.1) is 5.92 Å². The lowest BCUT2D eigenvalue weighted by Crippen LogP contribution is -2.18. The van der Waals surface area contributed by atoms with E-state index in [2.05, 4.69) is 12.2 Å². The van der Waals surface area contributed by atoms with Gasteiger partial charge in [0.1, 0.15) is 0 Å². The van der Waals surface area contributed by atoms with Gasteiger partial charge in [-0.25, -0.2) is 0 Å². The molecule has 0 saturated heterocycles. The van der Waals surface area contributed by atoms with Gasteiger partial charge in [0.2, 0.25) is 11.5 Å². The minimum absolute atomic E-state index is 0.0122. The summed E-state index contributed by atoms with van der Waals surface area (Å²) < 4.78 is 1.45. The summed E-state index contributed by atoms with van der Waals surface area (Å²) in [6.07, 6.45) is 6.19. The number of pyridine rings is 1. The predicted molar refractivity (Wildman–Crippen MR) is 81.6 cm³/mol. The van der Waals surface area contributed by atoms with Gasteiger partial charge in [0.15, 0.2) is 0 Å². The quantitative estimate of drug-likeness (QED) is 0.762. The Labute approximate surface area is 120 Å². The van der Waals surface area contributed by atoms with Crippen molar-refractivity contribution in [3.8, 4) is 0 Å². The molecule has 0 aliphatic heterocycles. The first-order valence-electron chi connectivity index (χ1n) is 7.23. The zero-order valence-electron chi connectivity index (χ0n) is 12.4. The average Bonchev–Trinajstić information content (AvgIpc) is 2.41. The summed E-state index contributed by atoms with van der Waals surface area (Å²) in [7, 11) is 1.66. The maximum atomic E-state index is 11.9. The van der Waals surface area contributed by atoms with Crippen LogP contribution in [0.2, 0.25) is 0 Å². The first-order chi connectivity index (χ1) is 9.56. The molecule has 3 N–H and O–H groups in total.